The van der Waals surface area contributed by atoms with Gasteiger partial charge in [0.15, 0.2) is 5.76 Å². The fourth-order valence-corrected chi connectivity index (χ4v) is 2.13. The third-order valence-electron chi connectivity index (χ3n) is 2.50. The van der Waals surface area contributed by atoms with E-state index in [1.807, 2.05) is 17.5 Å². The average molecular weight is 278 g/mol. The van der Waals surface area contributed by atoms with Crippen LogP contribution in [0.2, 0.25) is 0 Å². The predicted molar refractivity (Wildman–Crippen MR) is 71.8 cm³/mol. The summed E-state index contributed by atoms with van der Waals surface area (Å²) in [6.45, 7) is 2.10. The van der Waals surface area contributed by atoms with Gasteiger partial charge < -0.3 is 15.1 Å². The molecule has 2 heterocycles. The number of carbonyl (C=O) groups excluding carboxylic acids is 2. The third-order valence-corrected chi connectivity index (χ3v) is 3.38. The van der Waals surface area contributed by atoms with Crippen LogP contribution in [-0.4, -0.2) is 17.9 Å². The zero-order valence-corrected chi connectivity index (χ0v) is 11.2. The van der Waals surface area contributed by atoms with Crippen molar-refractivity contribution in [2.24, 2.45) is 0 Å². The third kappa shape index (κ3) is 3.69. The molecule has 2 amide bonds. The second kappa shape index (κ2) is 6.19. The van der Waals surface area contributed by atoms with E-state index in [-0.39, 0.29) is 11.7 Å². The molecule has 0 bridgehead atoms. The molecule has 2 aromatic rings. The first-order chi connectivity index (χ1) is 9.16. The van der Waals surface area contributed by atoms with E-state index in [2.05, 4.69) is 10.6 Å². The summed E-state index contributed by atoms with van der Waals surface area (Å²) in [4.78, 5) is 24.5. The highest BCUT2D eigenvalue weighted by atomic mass is 32.1. The molecule has 0 spiro atoms. The molecule has 19 heavy (non-hydrogen) atoms. The van der Waals surface area contributed by atoms with Gasteiger partial charge in [0, 0.05) is 4.88 Å². The number of rotatable bonds is 5. The molecule has 0 saturated heterocycles. The van der Waals surface area contributed by atoms with Crippen LogP contribution in [0.25, 0.3) is 0 Å². The Morgan fingerprint density at radius 1 is 1.37 bits per heavy atom. The number of nitrogens with one attached hydrogen (secondary N) is 2. The molecule has 5 nitrogen and oxygen atoms in total. The van der Waals surface area contributed by atoms with Gasteiger partial charge in [-0.2, -0.15) is 0 Å². The van der Waals surface area contributed by atoms with Gasteiger partial charge in [-0.05, 0) is 30.5 Å². The van der Waals surface area contributed by atoms with Crippen LogP contribution in [-0.2, 0) is 11.3 Å². The van der Waals surface area contributed by atoms with Crippen molar-refractivity contribution in [1.82, 2.24) is 10.6 Å². The van der Waals surface area contributed by atoms with Crippen LogP contribution in [0.1, 0.15) is 22.4 Å². The maximum atomic E-state index is 11.8. The van der Waals surface area contributed by atoms with E-state index < -0.39 is 11.9 Å². The van der Waals surface area contributed by atoms with Gasteiger partial charge >= 0.3 is 0 Å². The van der Waals surface area contributed by atoms with Crippen LogP contribution in [0.5, 0.6) is 0 Å². The second-order valence-electron chi connectivity index (χ2n) is 3.97. The van der Waals surface area contributed by atoms with E-state index in [9.17, 15) is 9.59 Å². The van der Waals surface area contributed by atoms with Crippen molar-refractivity contribution in [1.29, 1.82) is 0 Å². The Balaban J connectivity index is 1.80. The lowest BCUT2D eigenvalue weighted by atomic mass is 10.3. The van der Waals surface area contributed by atoms with Gasteiger partial charge in [-0.25, -0.2) is 0 Å². The lowest BCUT2D eigenvalue weighted by Crippen LogP contribution is -2.44. The molecule has 0 saturated carbocycles. The summed E-state index contributed by atoms with van der Waals surface area (Å²) in [5.41, 5.74) is 0. The first-order valence-corrected chi connectivity index (χ1v) is 6.69. The summed E-state index contributed by atoms with van der Waals surface area (Å²) in [5, 5.41) is 7.28. The quantitative estimate of drug-likeness (QED) is 0.875. The molecule has 0 aliphatic rings. The number of carbonyl (C=O) groups is 2. The highest BCUT2D eigenvalue weighted by Crippen LogP contribution is 2.07. The van der Waals surface area contributed by atoms with E-state index >= 15 is 0 Å². The second-order valence-corrected chi connectivity index (χ2v) is 5.00. The minimum absolute atomic E-state index is 0.193. The number of thiophene rings is 1. The van der Waals surface area contributed by atoms with Gasteiger partial charge in [-0.1, -0.05) is 6.07 Å². The molecular formula is C13H14N2O3S. The Kier molecular flexibility index (Phi) is 4.35. The normalized spacial score (nSPS) is 11.8. The molecule has 100 valence electrons. The average Bonchev–Trinajstić information content (AvgIpc) is 3.08. The molecular weight excluding hydrogens is 264 g/mol. The minimum atomic E-state index is -0.613. The Bertz CT molecular complexity index is 534. The summed E-state index contributed by atoms with van der Waals surface area (Å²) >= 11 is 1.57. The van der Waals surface area contributed by atoms with E-state index in [0.29, 0.717) is 6.54 Å². The molecule has 2 rings (SSSR count). The number of hydrogen-bond acceptors (Lipinski definition) is 4. The molecule has 0 aromatic carbocycles. The Morgan fingerprint density at radius 2 is 2.21 bits per heavy atom. The highest BCUT2D eigenvalue weighted by molar-refractivity contribution is 7.09. The van der Waals surface area contributed by atoms with Crippen LogP contribution in [0.4, 0.5) is 0 Å². The van der Waals surface area contributed by atoms with Crippen molar-refractivity contribution < 1.29 is 14.0 Å². The van der Waals surface area contributed by atoms with E-state index in [1.165, 1.54) is 6.26 Å². The molecule has 0 radical (unpaired) electrons. The Morgan fingerprint density at radius 3 is 2.84 bits per heavy atom. The molecule has 2 aromatic heterocycles. The lowest BCUT2D eigenvalue weighted by Gasteiger charge is -2.12. The summed E-state index contributed by atoms with van der Waals surface area (Å²) in [6, 6.07) is 6.42. The molecule has 0 unspecified atom stereocenters. The maximum Gasteiger partial charge on any atom is 0.287 e. The maximum absolute atomic E-state index is 11.8. The summed E-state index contributed by atoms with van der Waals surface area (Å²) in [5.74, 6) is -0.435. The van der Waals surface area contributed by atoms with Crippen LogP contribution in [0.3, 0.4) is 0 Å². The SMILES string of the molecule is C[C@@H](NC(=O)c1ccco1)C(=O)NCc1cccs1. The van der Waals surface area contributed by atoms with E-state index in [0.717, 1.165) is 4.88 Å². The van der Waals surface area contributed by atoms with E-state index in [4.69, 9.17) is 4.42 Å². The van der Waals surface area contributed by atoms with Crippen molar-refractivity contribution in [2.45, 2.75) is 19.5 Å². The minimum Gasteiger partial charge on any atom is -0.459 e. The fourth-order valence-electron chi connectivity index (χ4n) is 1.48. The molecule has 6 heteroatoms. The summed E-state index contributed by atoms with van der Waals surface area (Å²) in [7, 11) is 0. The van der Waals surface area contributed by atoms with Crippen molar-refractivity contribution in [2.75, 3.05) is 0 Å². The van der Waals surface area contributed by atoms with Crippen LogP contribution in [0.15, 0.2) is 40.3 Å². The van der Waals surface area contributed by atoms with Crippen molar-refractivity contribution in [3.63, 3.8) is 0 Å². The van der Waals surface area contributed by atoms with Gasteiger partial charge in [0.2, 0.25) is 5.91 Å². The van der Waals surface area contributed by atoms with Gasteiger partial charge in [0.05, 0.1) is 12.8 Å². The standard InChI is InChI=1S/C13H14N2O3S/c1-9(15-13(17)11-5-2-6-18-11)12(16)14-8-10-4-3-7-19-10/h2-7,9H,8H2,1H3,(H,14,16)(H,15,17)/t9-/m1/s1. The molecule has 2 N–H and O–H groups in total. The first kappa shape index (κ1) is 13.4. The largest absolute Gasteiger partial charge is 0.459 e. The molecule has 0 aliphatic carbocycles. The zero-order valence-electron chi connectivity index (χ0n) is 10.4. The lowest BCUT2D eigenvalue weighted by molar-refractivity contribution is -0.122. The van der Waals surface area contributed by atoms with Gasteiger partial charge in [0.1, 0.15) is 6.04 Å². The van der Waals surface area contributed by atoms with E-state index in [1.54, 1.807) is 30.4 Å². The predicted octanol–water partition coefficient (Wildman–Crippen LogP) is 1.78. The number of amides is 2. The number of furan rings is 1. The fraction of sp³-hybridized carbons (Fsp3) is 0.231. The zero-order chi connectivity index (χ0) is 13.7. The Labute approximate surface area is 114 Å². The summed E-state index contributed by atoms with van der Waals surface area (Å²) < 4.78 is 4.95. The molecule has 0 aliphatic heterocycles. The molecule has 1 atom stereocenters. The van der Waals surface area contributed by atoms with Crippen LogP contribution < -0.4 is 10.6 Å². The van der Waals surface area contributed by atoms with Crippen LogP contribution in [0, 0.1) is 0 Å². The monoisotopic (exact) mass is 278 g/mol. The van der Waals surface area contributed by atoms with Gasteiger partial charge in [-0.15, -0.1) is 11.3 Å². The van der Waals surface area contributed by atoms with Gasteiger partial charge in [0.25, 0.3) is 5.91 Å². The topological polar surface area (TPSA) is 71.3 Å². The van der Waals surface area contributed by atoms with Crippen molar-refractivity contribution >= 4 is 23.2 Å². The number of hydrogen-bond donors (Lipinski definition) is 2. The molecule has 0 fully saturated rings. The van der Waals surface area contributed by atoms with Crippen molar-refractivity contribution in [3.8, 4) is 0 Å². The first-order valence-electron chi connectivity index (χ1n) is 5.81. The van der Waals surface area contributed by atoms with Crippen LogP contribution >= 0.6 is 11.3 Å². The van der Waals surface area contributed by atoms with Crippen molar-refractivity contribution in [3.05, 3.63) is 46.5 Å². The van der Waals surface area contributed by atoms with Gasteiger partial charge in [-0.3, -0.25) is 9.59 Å². The summed E-state index contributed by atoms with van der Waals surface area (Å²) in [6.07, 6.45) is 1.41. The highest BCUT2D eigenvalue weighted by Gasteiger charge is 2.17. The Hall–Kier alpha value is -2.08. The smallest absolute Gasteiger partial charge is 0.287 e.